The van der Waals surface area contributed by atoms with Gasteiger partial charge in [0.1, 0.15) is 0 Å². The van der Waals surface area contributed by atoms with Crippen molar-refractivity contribution in [2.24, 2.45) is 5.73 Å². The van der Waals surface area contributed by atoms with Gasteiger partial charge in [-0.3, -0.25) is 0 Å². The van der Waals surface area contributed by atoms with Crippen molar-refractivity contribution in [3.63, 3.8) is 0 Å². The topological polar surface area (TPSA) is 26.0 Å². The maximum absolute atomic E-state index is 12.9. The molecule has 1 aliphatic carbocycles. The van der Waals surface area contributed by atoms with E-state index >= 15 is 0 Å². The minimum absolute atomic E-state index is 0.567. The van der Waals surface area contributed by atoms with Gasteiger partial charge in [-0.05, 0) is 22.0 Å². The molecule has 3 heteroatoms. The lowest BCUT2D eigenvalue weighted by molar-refractivity contribution is 0.335. The van der Waals surface area contributed by atoms with E-state index in [1.807, 2.05) is 0 Å². The zero-order valence-corrected chi connectivity index (χ0v) is 6.31. The maximum Gasteiger partial charge on any atom is 0.202 e. The largest absolute Gasteiger partial charge is 0.321 e. The van der Waals surface area contributed by atoms with Crippen LogP contribution >= 0.6 is 15.9 Å². The summed E-state index contributed by atoms with van der Waals surface area (Å²) in [4.78, 5) is 0. The summed E-state index contributed by atoms with van der Waals surface area (Å²) < 4.78 is 11.4. The fraction of sp³-hybridized carbons (Fsp3) is 0.333. The van der Waals surface area contributed by atoms with E-state index in [0.717, 1.165) is 0 Å². The molecule has 0 aromatic carbocycles. The van der Waals surface area contributed by atoms with E-state index in [2.05, 4.69) is 15.9 Å². The molecular formula is C6H7BrFN. The van der Waals surface area contributed by atoms with Crippen molar-refractivity contribution in [3.05, 3.63) is 24.3 Å². The molecule has 9 heavy (non-hydrogen) atoms. The van der Waals surface area contributed by atoms with Crippen LogP contribution in [-0.2, 0) is 0 Å². The van der Waals surface area contributed by atoms with Crippen molar-refractivity contribution < 1.29 is 4.39 Å². The zero-order valence-electron chi connectivity index (χ0n) is 4.72. The molecule has 0 bridgehead atoms. The van der Waals surface area contributed by atoms with Crippen LogP contribution in [0.2, 0.25) is 0 Å². The number of alkyl halides is 2. The maximum atomic E-state index is 12.9. The molecule has 1 rings (SSSR count). The second-order valence-corrected chi connectivity index (χ2v) is 3.16. The Hall–Kier alpha value is -0.150. The molecule has 0 heterocycles. The summed E-state index contributed by atoms with van der Waals surface area (Å²) in [5, 5.41) is 0. The summed E-state index contributed by atoms with van der Waals surface area (Å²) in [7, 11) is 0. The summed E-state index contributed by atoms with van der Waals surface area (Å²) in [6, 6.07) is -0.567. The highest BCUT2D eigenvalue weighted by atomic mass is 79.9. The SMILES string of the molecule is NC1C=CC=CC1(F)Br. The van der Waals surface area contributed by atoms with E-state index in [9.17, 15) is 4.39 Å². The number of hydrogen-bond donors (Lipinski definition) is 1. The van der Waals surface area contributed by atoms with Gasteiger partial charge in [-0.1, -0.05) is 18.2 Å². The molecule has 2 unspecified atom stereocenters. The van der Waals surface area contributed by atoms with Gasteiger partial charge in [-0.15, -0.1) is 0 Å². The van der Waals surface area contributed by atoms with Gasteiger partial charge < -0.3 is 5.73 Å². The predicted octanol–water partition coefficient (Wildman–Crippen LogP) is 1.50. The van der Waals surface area contributed by atoms with Crippen molar-refractivity contribution in [1.82, 2.24) is 0 Å². The Balaban J connectivity index is 2.78. The van der Waals surface area contributed by atoms with Crippen molar-refractivity contribution >= 4 is 15.9 Å². The lowest BCUT2D eigenvalue weighted by Crippen LogP contribution is -2.37. The molecule has 2 atom stereocenters. The van der Waals surface area contributed by atoms with Crippen LogP contribution < -0.4 is 5.73 Å². The average molecular weight is 192 g/mol. The number of rotatable bonds is 0. The van der Waals surface area contributed by atoms with Crippen molar-refractivity contribution in [2.45, 2.75) is 10.6 Å². The second-order valence-electron chi connectivity index (χ2n) is 1.94. The molecule has 0 aliphatic heterocycles. The highest BCUT2D eigenvalue weighted by Crippen LogP contribution is 2.27. The normalized spacial score (nSPS) is 41.4. The van der Waals surface area contributed by atoms with Crippen molar-refractivity contribution in [3.8, 4) is 0 Å². The first-order valence-electron chi connectivity index (χ1n) is 2.62. The van der Waals surface area contributed by atoms with Gasteiger partial charge in [0.25, 0.3) is 0 Å². The average Bonchev–Trinajstić information content (AvgIpc) is 1.77. The van der Waals surface area contributed by atoms with Gasteiger partial charge in [-0.25, -0.2) is 4.39 Å². The summed E-state index contributed by atoms with van der Waals surface area (Å²) in [5.41, 5.74) is 5.35. The Labute approximate surface area is 61.6 Å². The highest BCUT2D eigenvalue weighted by molar-refractivity contribution is 9.10. The molecule has 1 nitrogen and oxygen atoms in total. The molecule has 0 aromatic rings. The van der Waals surface area contributed by atoms with Crippen LogP contribution in [0.15, 0.2) is 24.3 Å². The summed E-state index contributed by atoms with van der Waals surface area (Å²) in [6.07, 6.45) is 6.34. The third-order valence-corrected chi connectivity index (χ3v) is 1.99. The number of hydrogen-bond acceptors (Lipinski definition) is 1. The summed E-state index contributed by atoms with van der Waals surface area (Å²) in [5.74, 6) is 0. The fourth-order valence-electron chi connectivity index (χ4n) is 0.607. The quantitative estimate of drug-likeness (QED) is 0.578. The summed E-state index contributed by atoms with van der Waals surface area (Å²) >= 11 is 2.83. The molecular weight excluding hydrogens is 185 g/mol. The van der Waals surface area contributed by atoms with E-state index in [1.54, 1.807) is 18.2 Å². The zero-order chi connectivity index (χ0) is 6.91. The Morgan fingerprint density at radius 1 is 1.56 bits per heavy atom. The molecule has 1 aliphatic rings. The van der Waals surface area contributed by atoms with E-state index in [-0.39, 0.29) is 0 Å². The Bertz CT molecular complexity index is 162. The third kappa shape index (κ3) is 1.40. The first kappa shape index (κ1) is 6.96. The monoisotopic (exact) mass is 191 g/mol. The second kappa shape index (κ2) is 2.23. The van der Waals surface area contributed by atoms with Crippen LogP contribution in [0.3, 0.4) is 0 Å². The van der Waals surface area contributed by atoms with Crippen molar-refractivity contribution in [1.29, 1.82) is 0 Å². The van der Waals surface area contributed by atoms with E-state index in [0.29, 0.717) is 0 Å². The lowest BCUT2D eigenvalue weighted by Gasteiger charge is -2.20. The number of halogens is 2. The molecule has 0 aromatic heterocycles. The molecule has 0 fully saturated rings. The van der Waals surface area contributed by atoms with E-state index in [1.165, 1.54) is 6.08 Å². The highest BCUT2D eigenvalue weighted by Gasteiger charge is 2.29. The Morgan fingerprint density at radius 2 is 2.22 bits per heavy atom. The van der Waals surface area contributed by atoms with Crippen LogP contribution in [0, 0.1) is 0 Å². The Morgan fingerprint density at radius 3 is 2.56 bits per heavy atom. The van der Waals surface area contributed by atoms with Gasteiger partial charge in [0.2, 0.25) is 4.58 Å². The van der Waals surface area contributed by atoms with Crippen LogP contribution in [0.1, 0.15) is 0 Å². The van der Waals surface area contributed by atoms with Gasteiger partial charge in [0, 0.05) is 0 Å². The van der Waals surface area contributed by atoms with Crippen LogP contribution in [0.5, 0.6) is 0 Å². The van der Waals surface area contributed by atoms with Gasteiger partial charge in [-0.2, -0.15) is 0 Å². The van der Waals surface area contributed by atoms with E-state index < -0.39 is 10.6 Å². The molecule has 2 N–H and O–H groups in total. The molecule has 0 spiro atoms. The van der Waals surface area contributed by atoms with Gasteiger partial charge >= 0.3 is 0 Å². The smallest absolute Gasteiger partial charge is 0.202 e. The number of nitrogens with two attached hydrogens (primary N) is 1. The first-order chi connectivity index (χ1) is 4.13. The number of allylic oxidation sites excluding steroid dienone is 2. The minimum atomic E-state index is -1.54. The van der Waals surface area contributed by atoms with Crippen molar-refractivity contribution in [2.75, 3.05) is 0 Å². The lowest BCUT2D eigenvalue weighted by atomic mass is 10.1. The standard InChI is InChI=1S/C6H7BrFN/c7-6(8)4-2-1-3-5(6)9/h1-5H,9H2. The van der Waals surface area contributed by atoms with Gasteiger partial charge in [0.15, 0.2) is 0 Å². The molecule has 0 saturated carbocycles. The molecule has 0 amide bonds. The predicted molar refractivity (Wildman–Crippen MR) is 39.0 cm³/mol. The van der Waals surface area contributed by atoms with E-state index in [4.69, 9.17) is 5.73 Å². The van der Waals surface area contributed by atoms with Crippen LogP contribution in [0.25, 0.3) is 0 Å². The Kier molecular flexibility index (Phi) is 1.73. The minimum Gasteiger partial charge on any atom is -0.321 e. The van der Waals surface area contributed by atoms with Gasteiger partial charge in [0.05, 0.1) is 6.04 Å². The first-order valence-corrected chi connectivity index (χ1v) is 3.41. The summed E-state index contributed by atoms with van der Waals surface area (Å²) in [6.45, 7) is 0. The molecule has 50 valence electrons. The van der Waals surface area contributed by atoms with Crippen LogP contribution in [0.4, 0.5) is 4.39 Å². The molecule has 0 radical (unpaired) electrons. The third-order valence-electron chi connectivity index (χ3n) is 1.19. The van der Waals surface area contributed by atoms with Crippen LogP contribution in [-0.4, -0.2) is 10.6 Å². The molecule has 0 saturated heterocycles. The fourth-order valence-corrected chi connectivity index (χ4v) is 0.912.